The summed E-state index contributed by atoms with van der Waals surface area (Å²) in [5.74, 6) is 1.72. The van der Waals surface area contributed by atoms with E-state index in [1.165, 1.54) is 52.1 Å². The quantitative estimate of drug-likeness (QED) is 0.754. The molecule has 0 aromatic carbocycles. The second kappa shape index (κ2) is 5.68. The highest BCUT2D eigenvalue weighted by molar-refractivity contribution is 4.87. The van der Waals surface area contributed by atoms with Crippen LogP contribution in [0.25, 0.3) is 0 Å². The summed E-state index contributed by atoms with van der Waals surface area (Å²) in [4.78, 5) is 2.47. The highest BCUT2D eigenvalue weighted by Gasteiger charge is 2.33. The van der Waals surface area contributed by atoms with Gasteiger partial charge in [-0.15, -0.1) is 0 Å². The fourth-order valence-electron chi connectivity index (χ4n) is 3.20. The Morgan fingerprint density at radius 3 is 2.76 bits per heavy atom. The van der Waals surface area contributed by atoms with Crippen LogP contribution in [-0.4, -0.2) is 51.2 Å². The Bertz CT molecular complexity index is 234. The first-order valence-corrected chi connectivity index (χ1v) is 7.18. The van der Waals surface area contributed by atoms with Gasteiger partial charge in [0.25, 0.3) is 0 Å². The Hall–Kier alpha value is -0.120. The lowest BCUT2D eigenvalue weighted by Gasteiger charge is -2.32. The zero-order chi connectivity index (χ0) is 12.3. The molecule has 100 valence electrons. The van der Waals surface area contributed by atoms with Crippen molar-refractivity contribution in [3.8, 4) is 0 Å². The summed E-state index contributed by atoms with van der Waals surface area (Å²) in [6.45, 7) is 12.2. The van der Waals surface area contributed by atoms with Gasteiger partial charge in [0.1, 0.15) is 0 Å². The molecule has 2 aliphatic heterocycles. The monoisotopic (exact) mass is 239 g/mol. The van der Waals surface area contributed by atoms with Crippen molar-refractivity contribution in [1.82, 2.24) is 15.5 Å². The van der Waals surface area contributed by atoms with Crippen molar-refractivity contribution in [1.29, 1.82) is 0 Å². The number of nitrogens with zero attached hydrogens (tertiary/aromatic N) is 1. The lowest BCUT2D eigenvalue weighted by Crippen LogP contribution is -2.39. The van der Waals surface area contributed by atoms with Crippen molar-refractivity contribution < 1.29 is 0 Å². The summed E-state index contributed by atoms with van der Waals surface area (Å²) in [6, 6.07) is 0. The highest BCUT2D eigenvalue weighted by Crippen LogP contribution is 2.33. The first-order valence-electron chi connectivity index (χ1n) is 7.18. The summed E-state index contributed by atoms with van der Waals surface area (Å²) in [7, 11) is 2.24. The summed E-state index contributed by atoms with van der Waals surface area (Å²) < 4.78 is 0. The van der Waals surface area contributed by atoms with E-state index in [0.29, 0.717) is 5.41 Å². The Balaban J connectivity index is 1.69. The lowest BCUT2D eigenvalue weighted by atomic mass is 9.78. The molecule has 0 aliphatic carbocycles. The van der Waals surface area contributed by atoms with E-state index < -0.39 is 0 Å². The van der Waals surface area contributed by atoms with E-state index >= 15 is 0 Å². The van der Waals surface area contributed by atoms with Gasteiger partial charge in [0.05, 0.1) is 0 Å². The molecule has 2 saturated heterocycles. The van der Waals surface area contributed by atoms with Crippen molar-refractivity contribution in [2.75, 3.05) is 46.3 Å². The second-order valence-electron chi connectivity index (χ2n) is 6.73. The predicted molar refractivity (Wildman–Crippen MR) is 73.2 cm³/mol. The van der Waals surface area contributed by atoms with Gasteiger partial charge in [-0.3, -0.25) is 0 Å². The zero-order valence-electron chi connectivity index (χ0n) is 11.8. The van der Waals surface area contributed by atoms with E-state index in [1.54, 1.807) is 0 Å². The Kier molecular flexibility index (Phi) is 4.45. The van der Waals surface area contributed by atoms with Crippen LogP contribution in [0.3, 0.4) is 0 Å². The minimum absolute atomic E-state index is 0.441. The van der Waals surface area contributed by atoms with Crippen molar-refractivity contribution >= 4 is 0 Å². The summed E-state index contributed by atoms with van der Waals surface area (Å²) in [6.07, 6.45) is 2.72. The van der Waals surface area contributed by atoms with Gasteiger partial charge in [-0.1, -0.05) is 13.8 Å². The molecule has 2 N–H and O–H groups in total. The largest absolute Gasteiger partial charge is 0.316 e. The molecule has 17 heavy (non-hydrogen) atoms. The molecule has 2 atom stereocenters. The van der Waals surface area contributed by atoms with Gasteiger partial charge in [-0.05, 0) is 63.3 Å². The van der Waals surface area contributed by atoms with Gasteiger partial charge >= 0.3 is 0 Å². The molecular formula is C14H29N3. The van der Waals surface area contributed by atoms with Crippen LogP contribution in [0.5, 0.6) is 0 Å². The second-order valence-corrected chi connectivity index (χ2v) is 6.73. The zero-order valence-corrected chi connectivity index (χ0v) is 11.8. The molecule has 2 unspecified atom stereocenters. The van der Waals surface area contributed by atoms with E-state index in [4.69, 9.17) is 0 Å². The summed E-state index contributed by atoms with van der Waals surface area (Å²) in [5.41, 5.74) is 0.441. The summed E-state index contributed by atoms with van der Waals surface area (Å²) >= 11 is 0. The average Bonchev–Trinajstić information content (AvgIpc) is 2.89. The third-order valence-corrected chi connectivity index (χ3v) is 4.67. The highest BCUT2D eigenvalue weighted by atomic mass is 15.1. The van der Waals surface area contributed by atoms with Crippen LogP contribution < -0.4 is 10.6 Å². The van der Waals surface area contributed by atoms with Gasteiger partial charge in [0, 0.05) is 13.1 Å². The van der Waals surface area contributed by atoms with Crippen LogP contribution in [0.1, 0.15) is 26.7 Å². The lowest BCUT2D eigenvalue weighted by molar-refractivity contribution is 0.204. The molecule has 2 fully saturated rings. The van der Waals surface area contributed by atoms with E-state index in [-0.39, 0.29) is 0 Å². The number of nitrogens with one attached hydrogen (secondary N) is 2. The molecular weight excluding hydrogens is 210 g/mol. The molecule has 0 saturated carbocycles. The standard InChI is InChI=1S/C14H29N3/c1-14(2,13-5-7-17(3)10-13)11-16-9-12-4-6-15-8-12/h12-13,15-16H,4-11H2,1-3H3. The molecule has 2 rings (SSSR count). The fraction of sp³-hybridized carbons (Fsp3) is 1.00. The third-order valence-electron chi connectivity index (χ3n) is 4.67. The van der Waals surface area contributed by atoms with E-state index in [9.17, 15) is 0 Å². The Morgan fingerprint density at radius 1 is 1.35 bits per heavy atom. The minimum atomic E-state index is 0.441. The molecule has 0 aromatic heterocycles. The van der Waals surface area contributed by atoms with Gasteiger partial charge in [0.2, 0.25) is 0 Å². The fourth-order valence-corrected chi connectivity index (χ4v) is 3.20. The number of rotatable bonds is 5. The van der Waals surface area contributed by atoms with Gasteiger partial charge in [-0.25, -0.2) is 0 Å². The predicted octanol–water partition coefficient (Wildman–Crippen LogP) is 1.16. The normalized spacial score (nSPS) is 31.2. The molecule has 3 heteroatoms. The van der Waals surface area contributed by atoms with Crippen molar-refractivity contribution in [2.24, 2.45) is 17.3 Å². The van der Waals surface area contributed by atoms with Crippen LogP contribution in [0.4, 0.5) is 0 Å². The van der Waals surface area contributed by atoms with E-state index in [1.807, 2.05) is 0 Å². The van der Waals surface area contributed by atoms with Gasteiger partial charge in [0.15, 0.2) is 0 Å². The molecule has 0 aromatic rings. The third kappa shape index (κ3) is 3.67. The average molecular weight is 239 g/mol. The Labute approximate surface area is 106 Å². The SMILES string of the molecule is CN1CCC(C(C)(C)CNCC2CCNC2)C1. The molecule has 0 radical (unpaired) electrons. The van der Waals surface area contributed by atoms with Crippen LogP contribution >= 0.6 is 0 Å². The first kappa shape index (κ1) is 13.3. The number of likely N-dealkylation sites (tertiary alicyclic amines) is 1. The smallest absolute Gasteiger partial charge is 0.00127 e. The van der Waals surface area contributed by atoms with Crippen LogP contribution in [0.15, 0.2) is 0 Å². The van der Waals surface area contributed by atoms with Crippen LogP contribution in [-0.2, 0) is 0 Å². The van der Waals surface area contributed by atoms with Crippen molar-refractivity contribution in [2.45, 2.75) is 26.7 Å². The van der Waals surface area contributed by atoms with Crippen molar-refractivity contribution in [3.05, 3.63) is 0 Å². The van der Waals surface area contributed by atoms with Gasteiger partial charge < -0.3 is 15.5 Å². The maximum atomic E-state index is 3.70. The number of hydrogen-bond donors (Lipinski definition) is 2. The molecule has 0 spiro atoms. The van der Waals surface area contributed by atoms with Crippen LogP contribution in [0, 0.1) is 17.3 Å². The van der Waals surface area contributed by atoms with Crippen LogP contribution in [0.2, 0.25) is 0 Å². The molecule has 2 aliphatic rings. The maximum Gasteiger partial charge on any atom is 0.00127 e. The molecule has 0 bridgehead atoms. The Morgan fingerprint density at radius 2 is 2.18 bits per heavy atom. The first-order chi connectivity index (χ1) is 8.08. The van der Waals surface area contributed by atoms with Gasteiger partial charge in [-0.2, -0.15) is 0 Å². The number of hydrogen-bond acceptors (Lipinski definition) is 3. The van der Waals surface area contributed by atoms with E-state index in [2.05, 4.69) is 36.4 Å². The summed E-state index contributed by atoms with van der Waals surface area (Å²) in [5, 5.41) is 7.14. The molecule has 2 heterocycles. The molecule has 0 amide bonds. The maximum absolute atomic E-state index is 3.70. The van der Waals surface area contributed by atoms with Crippen molar-refractivity contribution in [3.63, 3.8) is 0 Å². The van der Waals surface area contributed by atoms with E-state index in [0.717, 1.165) is 11.8 Å². The minimum Gasteiger partial charge on any atom is -0.316 e. The molecule has 3 nitrogen and oxygen atoms in total. The topological polar surface area (TPSA) is 27.3 Å².